The Morgan fingerprint density at radius 1 is 1.14 bits per heavy atom. The number of ether oxygens (including phenoxy) is 1. The van der Waals surface area contributed by atoms with Crippen LogP contribution >= 0.6 is 0 Å². The van der Waals surface area contributed by atoms with Crippen molar-refractivity contribution in [1.29, 1.82) is 0 Å². The van der Waals surface area contributed by atoms with E-state index in [1.165, 1.54) is 18.7 Å². The smallest absolute Gasteiger partial charge is 0.343 e. The number of nitrogens with zero attached hydrogens (tertiary/aromatic N) is 3. The van der Waals surface area contributed by atoms with E-state index in [-0.39, 0.29) is 53.8 Å². The Bertz CT molecular complexity index is 1100. The molecular formula is C26H31BrF2N4O4. The van der Waals surface area contributed by atoms with Crippen molar-refractivity contribution in [1.82, 2.24) is 9.97 Å². The third-order valence-electron chi connectivity index (χ3n) is 8.14. The van der Waals surface area contributed by atoms with Crippen LogP contribution in [0, 0.1) is 11.8 Å². The van der Waals surface area contributed by atoms with Gasteiger partial charge in [-0.1, -0.05) is 30.3 Å². The zero-order chi connectivity index (χ0) is 25.4. The molecule has 1 aromatic heterocycles. The summed E-state index contributed by atoms with van der Waals surface area (Å²) in [6.07, 6.45) is 4.60. The van der Waals surface area contributed by atoms with E-state index in [4.69, 9.17) is 4.74 Å². The van der Waals surface area contributed by atoms with Crippen molar-refractivity contribution in [2.24, 2.45) is 11.8 Å². The van der Waals surface area contributed by atoms with Gasteiger partial charge in [-0.05, 0) is 12.0 Å². The van der Waals surface area contributed by atoms with E-state index in [1.807, 2.05) is 0 Å². The van der Waals surface area contributed by atoms with Crippen LogP contribution < -0.4 is 22.3 Å². The molecule has 2 aromatic rings. The zero-order valence-electron chi connectivity index (χ0n) is 20.4. The van der Waals surface area contributed by atoms with Crippen LogP contribution in [0.15, 0.2) is 49.1 Å². The highest BCUT2D eigenvalue weighted by Crippen LogP contribution is 2.48. The van der Waals surface area contributed by atoms with E-state index in [0.29, 0.717) is 16.7 Å². The molecule has 37 heavy (non-hydrogen) atoms. The Labute approximate surface area is 224 Å². The van der Waals surface area contributed by atoms with Crippen LogP contribution in [-0.2, 0) is 19.9 Å². The monoisotopic (exact) mass is 580 g/mol. The number of carbonyl (C=O) groups excluding carboxylic acids is 2. The largest absolute Gasteiger partial charge is 1.00 e. The Morgan fingerprint density at radius 3 is 2.43 bits per heavy atom. The fourth-order valence-corrected chi connectivity index (χ4v) is 6.19. The van der Waals surface area contributed by atoms with Crippen molar-refractivity contribution in [3.8, 4) is 0 Å². The highest BCUT2D eigenvalue weighted by atomic mass is 79.9. The minimum Gasteiger partial charge on any atom is -1.00 e. The molecule has 1 aliphatic carbocycles. The number of fused-ring (bicyclic) bond motifs is 3. The van der Waals surface area contributed by atoms with Gasteiger partial charge in [-0.3, -0.25) is 4.79 Å². The lowest BCUT2D eigenvalue weighted by atomic mass is 9.79. The summed E-state index contributed by atoms with van der Waals surface area (Å²) < 4.78 is 34.6. The average molecular weight is 581 g/mol. The van der Waals surface area contributed by atoms with Gasteiger partial charge < -0.3 is 36.6 Å². The molecule has 0 radical (unpaired) electrons. The maximum Gasteiger partial charge on any atom is 0.343 e. The first kappa shape index (κ1) is 27.5. The predicted octanol–water partition coefficient (Wildman–Crippen LogP) is -0.105. The van der Waals surface area contributed by atoms with Crippen LogP contribution in [-0.4, -0.2) is 69.6 Å². The molecule has 3 aliphatic heterocycles. The average Bonchev–Trinajstić information content (AvgIpc) is 3.25. The molecule has 11 heteroatoms. The third kappa shape index (κ3) is 5.68. The Morgan fingerprint density at radius 2 is 1.81 bits per heavy atom. The number of piperidine rings is 3. The maximum atomic E-state index is 14.1. The molecule has 4 aliphatic rings. The van der Waals surface area contributed by atoms with Crippen molar-refractivity contribution >= 4 is 17.6 Å². The molecule has 2 N–H and O–H groups in total. The molecule has 1 amide bonds. The summed E-state index contributed by atoms with van der Waals surface area (Å²) in [6.45, 7) is 2.23. The van der Waals surface area contributed by atoms with Crippen LogP contribution in [0.5, 0.6) is 0 Å². The lowest BCUT2D eigenvalue weighted by Crippen LogP contribution is -3.00. The number of benzene rings is 1. The number of anilines is 1. The molecule has 8 nitrogen and oxygen atoms in total. The molecule has 3 saturated heterocycles. The van der Waals surface area contributed by atoms with Gasteiger partial charge in [0.2, 0.25) is 5.92 Å². The van der Waals surface area contributed by atoms with Gasteiger partial charge in [-0.2, -0.15) is 0 Å². The molecule has 2 unspecified atom stereocenters. The van der Waals surface area contributed by atoms with Crippen molar-refractivity contribution < 1.29 is 49.7 Å². The first-order valence-corrected chi connectivity index (χ1v) is 12.5. The van der Waals surface area contributed by atoms with E-state index >= 15 is 0 Å². The molecule has 4 fully saturated rings. The van der Waals surface area contributed by atoms with Gasteiger partial charge in [0.1, 0.15) is 12.9 Å². The first-order chi connectivity index (χ1) is 17.2. The second kappa shape index (κ2) is 10.7. The number of quaternary nitrogens is 1. The summed E-state index contributed by atoms with van der Waals surface area (Å²) in [5, 5.41) is 14.5. The number of aromatic nitrogens is 2. The maximum absolute atomic E-state index is 14.1. The van der Waals surface area contributed by atoms with E-state index < -0.39 is 35.9 Å². The van der Waals surface area contributed by atoms with Gasteiger partial charge in [0.05, 0.1) is 31.2 Å². The quantitative estimate of drug-likeness (QED) is 0.350. The molecule has 3 atom stereocenters. The summed E-state index contributed by atoms with van der Waals surface area (Å²) in [7, 11) is 0. The van der Waals surface area contributed by atoms with Crippen molar-refractivity contribution in [3.05, 3.63) is 54.6 Å². The fraction of sp³-hybridized carbons (Fsp3) is 0.538. The van der Waals surface area contributed by atoms with E-state index in [9.17, 15) is 23.5 Å². The van der Waals surface area contributed by atoms with E-state index in [0.717, 1.165) is 25.9 Å². The van der Waals surface area contributed by atoms with Gasteiger partial charge >= 0.3 is 5.97 Å². The minimum atomic E-state index is -2.92. The van der Waals surface area contributed by atoms with Crippen LogP contribution in [0.4, 0.5) is 14.5 Å². The van der Waals surface area contributed by atoms with Gasteiger partial charge in [-0.15, -0.1) is 0 Å². The summed E-state index contributed by atoms with van der Waals surface area (Å²) in [4.78, 5) is 34.1. The fourth-order valence-electron chi connectivity index (χ4n) is 6.19. The SMILES string of the molecule is O=C(C[N+]12CCC(CC1)[C@@H](OC(=O)C(O)(c1ccccc1)C1CCC(F)(F)C1)C2)Nc1cncnc1.[Br-]. The standard InChI is InChI=1S/C26H30F2N4O4.BrH/c27-25(28)9-6-20(12-25)26(35,19-4-2-1-3-5-19)24(34)36-22-15-32(10-7-18(22)8-11-32)16-23(33)31-21-13-29-17-30-14-21;/h1-5,13-14,17-18,20,22,35H,6-12,15-16H2;1H/t18?,20?,22-,26?,32?;/m0./s1. The number of halogens is 3. The number of amides is 1. The zero-order valence-corrected chi connectivity index (χ0v) is 21.9. The topological polar surface area (TPSA) is 101 Å². The molecule has 1 saturated carbocycles. The third-order valence-corrected chi connectivity index (χ3v) is 8.14. The lowest BCUT2D eigenvalue weighted by Gasteiger charge is -2.52. The van der Waals surface area contributed by atoms with Crippen molar-refractivity contribution in [2.45, 2.75) is 49.7 Å². The predicted molar refractivity (Wildman–Crippen MR) is 126 cm³/mol. The van der Waals surface area contributed by atoms with Crippen LogP contribution in [0.3, 0.4) is 0 Å². The minimum absolute atomic E-state index is 0. The number of aliphatic hydroxyl groups is 1. The Balaban J connectivity index is 0.00000320. The molecule has 200 valence electrons. The molecule has 2 bridgehead atoms. The second-order valence-electron chi connectivity index (χ2n) is 10.5. The number of carbonyl (C=O) groups is 2. The second-order valence-corrected chi connectivity index (χ2v) is 10.5. The summed E-state index contributed by atoms with van der Waals surface area (Å²) in [5.41, 5.74) is -1.37. The molecule has 6 rings (SSSR count). The summed E-state index contributed by atoms with van der Waals surface area (Å²) in [6, 6.07) is 8.25. The Kier molecular flexibility index (Phi) is 7.96. The highest BCUT2D eigenvalue weighted by Gasteiger charge is 2.56. The summed E-state index contributed by atoms with van der Waals surface area (Å²) in [5.74, 6) is -4.80. The van der Waals surface area contributed by atoms with E-state index in [1.54, 1.807) is 30.3 Å². The number of hydrogen-bond donors (Lipinski definition) is 2. The summed E-state index contributed by atoms with van der Waals surface area (Å²) >= 11 is 0. The normalized spacial score (nSPS) is 29.5. The molecular weight excluding hydrogens is 550 g/mol. The van der Waals surface area contributed by atoms with Gasteiger partial charge in [-0.25, -0.2) is 23.5 Å². The Hall–Kier alpha value is -2.50. The van der Waals surface area contributed by atoms with Crippen LogP contribution in [0.25, 0.3) is 0 Å². The van der Waals surface area contributed by atoms with Gasteiger partial charge in [0.15, 0.2) is 18.2 Å². The number of nitrogens with one attached hydrogen (secondary N) is 1. The first-order valence-electron chi connectivity index (χ1n) is 12.5. The number of rotatable bonds is 7. The number of alkyl halides is 2. The lowest BCUT2D eigenvalue weighted by molar-refractivity contribution is -0.939. The van der Waals surface area contributed by atoms with Crippen molar-refractivity contribution in [3.63, 3.8) is 0 Å². The molecule has 0 spiro atoms. The van der Waals surface area contributed by atoms with Crippen molar-refractivity contribution in [2.75, 3.05) is 31.5 Å². The van der Waals surface area contributed by atoms with Gasteiger partial charge in [0, 0.05) is 37.5 Å². The number of esters is 1. The van der Waals surface area contributed by atoms with Gasteiger partial charge in [0.25, 0.3) is 5.91 Å². The van der Waals surface area contributed by atoms with Crippen LogP contribution in [0.2, 0.25) is 0 Å². The van der Waals surface area contributed by atoms with E-state index in [2.05, 4.69) is 15.3 Å². The molecule has 1 aromatic carbocycles. The van der Waals surface area contributed by atoms with Crippen LogP contribution in [0.1, 0.15) is 37.7 Å². The number of hydrogen-bond acceptors (Lipinski definition) is 6. The highest BCUT2D eigenvalue weighted by molar-refractivity contribution is 5.91. The molecule has 4 heterocycles.